The maximum atomic E-state index is 11.0. The van der Waals surface area contributed by atoms with E-state index in [1.807, 2.05) is 0 Å². The van der Waals surface area contributed by atoms with E-state index in [0.717, 1.165) is 18.8 Å². The fourth-order valence-corrected chi connectivity index (χ4v) is 2.12. The smallest absolute Gasteiger partial charge is 0.312 e. The van der Waals surface area contributed by atoms with Crippen molar-refractivity contribution in [3.05, 3.63) is 0 Å². The molecular weight excluding hydrogens is 194 g/mol. The van der Waals surface area contributed by atoms with Crippen molar-refractivity contribution in [1.29, 1.82) is 0 Å². The SMILES string of the molecule is O=C(O)CC(=O)NCCCC1CCCC1. The number of aliphatic carboxylic acids is 1. The molecule has 1 aliphatic carbocycles. The van der Waals surface area contributed by atoms with Gasteiger partial charge in [0.2, 0.25) is 5.91 Å². The van der Waals surface area contributed by atoms with Crippen LogP contribution in [0.4, 0.5) is 0 Å². The average Bonchev–Trinajstić information content (AvgIpc) is 2.63. The van der Waals surface area contributed by atoms with Crippen LogP contribution in [0.2, 0.25) is 0 Å². The van der Waals surface area contributed by atoms with Crippen LogP contribution < -0.4 is 5.32 Å². The van der Waals surface area contributed by atoms with Crippen molar-refractivity contribution in [2.45, 2.75) is 44.9 Å². The Bertz CT molecular complexity index is 222. The van der Waals surface area contributed by atoms with Crippen LogP contribution in [-0.2, 0) is 9.59 Å². The van der Waals surface area contributed by atoms with Gasteiger partial charge in [0.05, 0.1) is 0 Å². The monoisotopic (exact) mass is 213 g/mol. The number of nitrogens with one attached hydrogen (secondary N) is 1. The number of rotatable bonds is 6. The maximum absolute atomic E-state index is 11.0. The first-order valence-corrected chi connectivity index (χ1v) is 5.67. The second-order valence-corrected chi connectivity index (χ2v) is 4.21. The summed E-state index contributed by atoms with van der Waals surface area (Å²) in [6.07, 6.45) is 7.05. The molecule has 15 heavy (non-hydrogen) atoms. The van der Waals surface area contributed by atoms with Gasteiger partial charge in [0.15, 0.2) is 0 Å². The number of hydrogen-bond acceptors (Lipinski definition) is 2. The highest BCUT2D eigenvalue weighted by atomic mass is 16.4. The summed E-state index contributed by atoms with van der Waals surface area (Å²) in [5, 5.41) is 11.0. The van der Waals surface area contributed by atoms with Crippen LogP contribution in [0, 0.1) is 5.92 Å². The van der Waals surface area contributed by atoms with E-state index in [0.29, 0.717) is 6.54 Å². The molecule has 0 spiro atoms. The van der Waals surface area contributed by atoms with E-state index in [2.05, 4.69) is 5.32 Å². The Hall–Kier alpha value is -1.06. The van der Waals surface area contributed by atoms with Gasteiger partial charge in [-0.2, -0.15) is 0 Å². The summed E-state index contributed by atoms with van der Waals surface area (Å²) in [5.41, 5.74) is 0. The van der Waals surface area contributed by atoms with Crippen molar-refractivity contribution in [3.63, 3.8) is 0 Å². The third-order valence-corrected chi connectivity index (χ3v) is 2.90. The summed E-state index contributed by atoms with van der Waals surface area (Å²) < 4.78 is 0. The maximum Gasteiger partial charge on any atom is 0.312 e. The van der Waals surface area contributed by atoms with E-state index in [-0.39, 0.29) is 5.91 Å². The second-order valence-electron chi connectivity index (χ2n) is 4.21. The molecule has 1 amide bonds. The van der Waals surface area contributed by atoms with Gasteiger partial charge < -0.3 is 10.4 Å². The van der Waals surface area contributed by atoms with Gasteiger partial charge in [0.25, 0.3) is 0 Å². The minimum atomic E-state index is -1.07. The predicted octanol–water partition coefficient (Wildman–Crippen LogP) is 1.55. The summed E-state index contributed by atoms with van der Waals surface area (Å²) in [5.74, 6) is -0.612. The van der Waals surface area contributed by atoms with Crippen molar-refractivity contribution >= 4 is 11.9 Å². The largest absolute Gasteiger partial charge is 0.481 e. The van der Waals surface area contributed by atoms with Gasteiger partial charge in [-0.3, -0.25) is 9.59 Å². The zero-order valence-corrected chi connectivity index (χ0v) is 9.00. The normalized spacial score (nSPS) is 16.5. The van der Waals surface area contributed by atoms with Crippen LogP contribution >= 0.6 is 0 Å². The zero-order chi connectivity index (χ0) is 11.1. The van der Waals surface area contributed by atoms with Crippen LogP contribution in [0.1, 0.15) is 44.9 Å². The third kappa shape index (κ3) is 5.40. The highest BCUT2D eigenvalue weighted by molar-refractivity contribution is 5.93. The lowest BCUT2D eigenvalue weighted by atomic mass is 10.0. The molecule has 4 heteroatoms. The molecule has 1 saturated carbocycles. The Kier molecular flexibility index (Phi) is 5.15. The number of amides is 1. The molecule has 0 radical (unpaired) electrons. The molecule has 0 atom stereocenters. The Balaban J connectivity index is 1.96. The average molecular weight is 213 g/mol. The van der Waals surface area contributed by atoms with Gasteiger partial charge in [-0.1, -0.05) is 25.7 Å². The summed E-state index contributed by atoms with van der Waals surface area (Å²) in [7, 11) is 0. The molecule has 0 aromatic rings. The molecule has 1 rings (SSSR count). The van der Waals surface area contributed by atoms with Gasteiger partial charge in [0, 0.05) is 6.54 Å². The lowest BCUT2D eigenvalue weighted by Crippen LogP contribution is -2.26. The van der Waals surface area contributed by atoms with Crippen LogP contribution in [-0.4, -0.2) is 23.5 Å². The molecule has 0 aromatic carbocycles. The van der Waals surface area contributed by atoms with Crippen molar-refractivity contribution in [2.75, 3.05) is 6.54 Å². The van der Waals surface area contributed by atoms with E-state index in [1.54, 1.807) is 0 Å². The number of carboxylic acid groups (broad SMARTS) is 1. The lowest BCUT2D eigenvalue weighted by Gasteiger charge is -2.08. The summed E-state index contributed by atoms with van der Waals surface area (Å²) in [6, 6.07) is 0. The molecule has 1 fully saturated rings. The van der Waals surface area contributed by atoms with E-state index >= 15 is 0 Å². The van der Waals surface area contributed by atoms with Gasteiger partial charge in [0.1, 0.15) is 6.42 Å². The number of carbonyl (C=O) groups is 2. The minimum Gasteiger partial charge on any atom is -0.481 e. The number of carbonyl (C=O) groups excluding carboxylic acids is 1. The van der Waals surface area contributed by atoms with Crippen molar-refractivity contribution in [3.8, 4) is 0 Å². The van der Waals surface area contributed by atoms with Gasteiger partial charge in [-0.05, 0) is 18.8 Å². The molecule has 4 nitrogen and oxygen atoms in total. The summed E-state index contributed by atoms with van der Waals surface area (Å²) in [6.45, 7) is 0.614. The third-order valence-electron chi connectivity index (χ3n) is 2.90. The molecule has 2 N–H and O–H groups in total. The standard InChI is InChI=1S/C11H19NO3/c13-10(8-11(14)15)12-7-3-6-9-4-1-2-5-9/h9H,1-8H2,(H,12,13)(H,14,15). The fraction of sp³-hybridized carbons (Fsp3) is 0.818. The molecule has 1 aliphatic rings. The van der Waals surface area contributed by atoms with Gasteiger partial charge in [-0.25, -0.2) is 0 Å². The van der Waals surface area contributed by atoms with Crippen molar-refractivity contribution in [2.24, 2.45) is 5.92 Å². The highest BCUT2D eigenvalue weighted by Gasteiger charge is 2.14. The Morgan fingerprint density at radius 1 is 1.27 bits per heavy atom. The number of carboxylic acids is 1. The van der Waals surface area contributed by atoms with Crippen LogP contribution in [0.15, 0.2) is 0 Å². The van der Waals surface area contributed by atoms with Crippen molar-refractivity contribution in [1.82, 2.24) is 5.32 Å². The minimum absolute atomic E-state index is 0.381. The predicted molar refractivity (Wildman–Crippen MR) is 56.5 cm³/mol. The second kappa shape index (κ2) is 6.43. The van der Waals surface area contributed by atoms with Gasteiger partial charge in [-0.15, -0.1) is 0 Å². The van der Waals surface area contributed by atoms with Crippen LogP contribution in [0.3, 0.4) is 0 Å². The van der Waals surface area contributed by atoms with E-state index < -0.39 is 12.4 Å². The highest BCUT2D eigenvalue weighted by Crippen LogP contribution is 2.28. The van der Waals surface area contributed by atoms with Crippen LogP contribution in [0.25, 0.3) is 0 Å². The van der Waals surface area contributed by atoms with E-state index in [1.165, 1.54) is 25.7 Å². The van der Waals surface area contributed by atoms with Gasteiger partial charge >= 0.3 is 5.97 Å². The van der Waals surface area contributed by atoms with E-state index in [4.69, 9.17) is 5.11 Å². The summed E-state index contributed by atoms with van der Waals surface area (Å²) in [4.78, 5) is 21.1. The molecule has 86 valence electrons. The molecule has 0 bridgehead atoms. The first kappa shape index (κ1) is 12.0. The first-order chi connectivity index (χ1) is 7.18. The van der Waals surface area contributed by atoms with Crippen LogP contribution in [0.5, 0.6) is 0 Å². The molecule has 0 saturated heterocycles. The first-order valence-electron chi connectivity index (χ1n) is 5.67. The Morgan fingerprint density at radius 3 is 2.53 bits per heavy atom. The molecule has 0 heterocycles. The quantitative estimate of drug-likeness (QED) is 0.519. The topological polar surface area (TPSA) is 66.4 Å². The lowest BCUT2D eigenvalue weighted by molar-refractivity contribution is -0.140. The Morgan fingerprint density at radius 2 is 1.93 bits per heavy atom. The zero-order valence-electron chi connectivity index (χ0n) is 9.00. The molecule has 0 aliphatic heterocycles. The summed E-state index contributed by atoms with van der Waals surface area (Å²) >= 11 is 0. The molecule has 0 aromatic heterocycles. The van der Waals surface area contributed by atoms with E-state index in [9.17, 15) is 9.59 Å². The molecule has 0 unspecified atom stereocenters. The number of hydrogen-bond donors (Lipinski definition) is 2. The fourth-order valence-electron chi connectivity index (χ4n) is 2.12. The molecular formula is C11H19NO3. The van der Waals surface area contributed by atoms with Crippen molar-refractivity contribution < 1.29 is 14.7 Å². The Labute approximate surface area is 90.0 Å².